The Morgan fingerprint density at radius 1 is 1.15 bits per heavy atom. The Bertz CT molecular complexity index is 1260. The van der Waals surface area contributed by atoms with Gasteiger partial charge in [-0.05, 0) is 50.1 Å². The highest BCUT2D eigenvalue weighted by Crippen LogP contribution is 2.29. The monoisotopic (exact) mass is 496 g/mol. The maximum atomic E-state index is 6.26. The zero-order valence-corrected chi connectivity index (χ0v) is 21.2. The number of halogens is 1. The third-order valence-electron chi connectivity index (χ3n) is 5.05. The summed E-state index contributed by atoms with van der Waals surface area (Å²) in [6, 6.07) is 12.3. The van der Waals surface area contributed by atoms with Gasteiger partial charge in [0.2, 0.25) is 0 Å². The zero-order chi connectivity index (χ0) is 23.4. The minimum Gasteiger partial charge on any atom is -0.486 e. The molecule has 0 atom stereocenters. The normalized spacial score (nSPS) is 11.0. The first-order chi connectivity index (χ1) is 15.9. The summed E-state index contributed by atoms with van der Waals surface area (Å²) in [5.74, 6) is 2.23. The molecule has 2 aromatic carbocycles. The van der Waals surface area contributed by atoms with E-state index in [9.17, 15) is 0 Å². The Morgan fingerprint density at radius 3 is 2.67 bits per heavy atom. The molecular formula is C25H25ClN4OS2. The van der Waals surface area contributed by atoms with E-state index < -0.39 is 0 Å². The summed E-state index contributed by atoms with van der Waals surface area (Å²) in [5, 5.41) is 13.5. The molecule has 0 spiro atoms. The molecule has 0 unspecified atom stereocenters. The van der Waals surface area contributed by atoms with Crippen molar-refractivity contribution in [3.63, 3.8) is 0 Å². The van der Waals surface area contributed by atoms with E-state index in [4.69, 9.17) is 21.3 Å². The molecule has 5 nitrogen and oxygen atoms in total. The molecule has 0 N–H and O–H groups in total. The lowest BCUT2D eigenvalue weighted by molar-refractivity contribution is 0.289. The molecule has 170 valence electrons. The third kappa shape index (κ3) is 5.66. The second-order valence-electron chi connectivity index (χ2n) is 7.76. The Labute approximate surface area is 207 Å². The van der Waals surface area contributed by atoms with Crippen molar-refractivity contribution >= 4 is 34.7 Å². The molecular weight excluding hydrogens is 472 g/mol. The van der Waals surface area contributed by atoms with Gasteiger partial charge in [-0.2, -0.15) is 0 Å². The van der Waals surface area contributed by atoms with Crippen LogP contribution in [0.15, 0.2) is 59.6 Å². The number of aromatic nitrogens is 4. The van der Waals surface area contributed by atoms with Crippen molar-refractivity contribution in [2.75, 3.05) is 0 Å². The molecule has 2 heterocycles. The molecule has 0 saturated heterocycles. The molecule has 0 fully saturated rings. The van der Waals surface area contributed by atoms with Gasteiger partial charge in [0.1, 0.15) is 17.4 Å². The molecule has 0 radical (unpaired) electrons. The number of nitrogens with zero attached hydrogens (tertiary/aromatic N) is 4. The van der Waals surface area contributed by atoms with Crippen molar-refractivity contribution < 1.29 is 4.74 Å². The van der Waals surface area contributed by atoms with Crippen molar-refractivity contribution in [2.24, 2.45) is 0 Å². The lowest BCUT2D eigenvalue weighted by Crippen LogP contribution is -2.07. The van der Waals surface area contributed by atoms with Crippen LogP contribution in [-0.2, 0) is 18.9 Å². The standard InChI is InChI=1S/C25H25ClN4OS2/c1-5-9-30-22(13-31-21-11-17(3)23(26)18(4)12-21)28-29-25(30)33-15-20-14-32-24(27-20)19-8-6-7-16(2)10-19/h5-8,10-12,14H,1,9,13,15H2,2-4H3. The zero-order valence-electron chi connectivity index (χ0n) is 18.8. The summed E-state index contributed by atoms with van der Waals surface area (Å²) in [6.45, 7) is 10.8. The van der Waals surface area contributed by atoms with Gasteiger partial charge in [-0.1, -0.05) is 53.2 Å². The van der Waals surface area contributed by atoms with E-state index in [1.165, 1.54) is 5.56 Å². The van der Waals surface area contributed by atoms with E-state index in [0.29, 0.717) is 18.9 Å². The highest BCUT2D eigenvalue weighted by Gasteiger charge is 2.14. The molecule has 2 aromatic heterocycles. The largest absolute Gasteiger partial charge is 0.486 e. The Kier molecular flexibility index (Phi) is 7.53. The summed E-state index contributed by atoms with van der Waals surface area (Å²) < 4.78 is 8.03. The summed E-state index contributed by atoms with van der Waals surface area (Å²) in [5.41, 5.74) is 5.39. The summed E-state index contributed by atoms with van der Waals surface area (Å²) >= 11 is 9.54. The number of benzene rings is 2. The second-order valence-corrected chi connectivity index (χ2v) is 9.94. The minimum absolute atomic E-state index is 0.316. The molecule has 4 aromatic rings. The highest BCUT2D eigenvalue weighted by atomic mass is 35.5. The van der Waals surface area contributed by atoms with Crippen LogP contribution in [0, 0.1) is 20.8 Å². The lowest BCUT2D eigenvalue weighted by atomic mass is 10.1. The van der Waals surface area contributed by atoms with Crippen LogP contribution in [0.5, 0.6) is 5.75 Å². The van der Waals surface area contributed by atoms with Gasteiger partial charge in [-0.15, -0.1) is 28.1 Å². The van der Waals surface area contributed by atoms with Gasteiger partial charge in [0.05, 0.1) is 5.69 Å². The van der Waals surface area contributed by atoms with Gasteiger partial charge in [0.25, 0.3) is 0 Å². The first-order valence-corrected chi connectivity index (χ1v) is 12.8. The number of thioether (sulfide) groups is 1. The van der Waals surface area contributed by atoms with Gasteiger partial charge in [-0.25, -0.2) is 4.98 Å². The average molecular weight is 497 g/mol. The van der Waals surface area contributed by atoms with Crippen LogP contribution in [0.4, 0.5) is 0 Å². The fourth-order valence-corrected chi connectivity index (χ4v) is 5.30. The van der Waals surface area contributed by atoms with E-state index >= 15 is 0 Å². The number of ether oxygens (including phenoxy) is 1. The van der Waals surface area contributed by atoms with Crippen LogP contribution in [-0.4, -0.2) is 19.7 Å². The highest BCUT2D eigenvalue weighted by molar-refractivity contribution is 7.98. The Balaban J connectivity index is 1.44. The van der Waals surface area contributed by atoms with Crippen molar-refractivity contribution in [3.8, 4) is 16.3 Å². The van der Waals surface area contributed by atoms with Crippen LogP contribution in [0.25, 0.3) is 10.6 Å². The number of aryl methyl sites for hydroxylation is 3. The summed E-state index contributed by atoms with van der Waals surface area (Å²) in [6.07, 6.45) is 1.84. The van der Waals surface area contributed by atoms with E-state index in [0.717, 1.165) is 49.1 Å². The van der Waals surface area contributed by atoms with Crippen LogP contribution < -0.4 is 4.74 Å². The minimum atomic E-state index is 0.316. The van der Waals surface area contributed by atoms with Crippen molar-refractivity contribution in [2.45, 2.75) is 44.8 Å². The van der Waals surface area contributed by atoms with Gasteiger partial charge in [0.15, 0.2) is 11.0 Å². The van der Waals surface area contributed by atoms with Gasteiger partial charge in [0, 0.05) is 28.3 Å². The van der Waals surface area contributed by atoms with Crippen LogP contribution in [0.1, 0.15) is 28.2 Å². The topological polar surface area (TPSA) is 52.8 Å². The number of rotatable bonds is 9. The van der Waals surface area contributed by atoms with Gasteiger partial charge < -0.3 is 4.74 Å². The third-order valence-corrected chi connectivity index (χ3v) is 7.59. The fourth-order valence-electron chi connectivity index (χ4n) is 3.40. The van der Waals surface area contributed by atoms with Gasteiger partial charge in [-0.3, -0.25) is 4.57 Å². The van der Waals surface area contributed by atoms with Crippen LogP contribution in [0.2, 0.25) is 5.02 Å². The Morgan fingerprint density at radius 2 is 1.94 bits per heavy atom. The molecule has 33 heavy (non-hydrogen) atoms. The number of allylic oxidation sites excluding steroid dienone is 1. The summed E-state index contributed by atoms with van der Waals surface area (Å²) in [7, 11) is 0. The molecule has 8 heteroatoms. The van der Waals surface area contributed by atoms with E-state index in [1.54, 1.807) is 23.1 Å². The molecule has 0 saturated carbocycles. The molecule has 0 aliphatic rings. The lowest BCUT2D eigenvalue weighted by Gasteiger charge is -2.11. The molecule has 0 aliphatic heterocycles. The van der Waals surface area contributed by atoms with Gasteiger partial charge >= 0.3 is 0 Å². The number of hydrogen-bond donors (Lipinski definition) is 0. The maximum absolute atomic E-state index is 6.26. The molecule has 0 amide bonds. The first-order valence-electron chi connectivity index (χ1n) is 10.5. The SMILES string of the molecule is C=CCn1c(COc2cc(C)c(Cl)c(C)c2)nnc1SCc1csc(-c2cccc(C)c2)n1. The van der Waals surface area contributed by atoms with Crippen molar-refractivity contribution in [3.05, 3.63) is 87.7 Å². The van der Waals surface area contributed by atoms with Crippen LogP contribution >= 0.6 is 34.7 Å². The average Bonchev–Trinajstić information content (AvgIpc) is 3.42. The van der Waals surface area contributed by atoms with E-state index in [1.807, 2.05) is 36.6 Å². The predicted octanol–water partition coefficient (Wildman–Crippen LogP) is 7.04. The van der Waals surface area contributed by atoms with E-state index in [2.05, 4.69) is 53.3 Å². The molecule has 4 rings (SSSR count). The van der Waals surface area contributed by atoms with E-state index in [-0.39, 0.29) is 0 Å². The second kappa shape index (κ2) is 10.5. The maximum Gasteiger partial charge on any atom is 0.191 e. The van der Waals surface area contributed by atoms with Crippen LogP contribution in [0.3, 0.4) is 0 Å². The summed E-state index contributed by atoms with van der Waals surface area (Å²) in [4.78, 5) is 4.80. The number of thiazole rings is 1. The number of hydrogen-bond acceptors (Lipinski definition) is 6. The predicted molar refractivity (Wildman–Crippen MR) is 137 cm³/mol. The smallest absolute Gasteiger partial charge is 0.191 e. The Hall–Kier alpha value is -2.61. The van der Waals surface area contributed by atoms with Crippen molar-refractivity contribution in [1.82, 2.24) is 19.7 Å². The van der Waals surface area contributed by atoms with Crippen molar-refractivity contribution in [1.29, 1.82) is 0 Å². The molecule has 0 bridgehead atoms. The fraction of sp³-hybridized carbons (Fsp3) is 0.240. The quantitative estimate of drug-likeness (QED) is 0.184. The first kappa shape index (κ1) is 23.5. The molecule has 0 aliphatic carbocycles.